The van der Waals surface area contributed by atoms with Gasteiger partial charge in [0, 0.05) is 0 Å². The van der Waals surface area contributed by atoms with Crippen LogP contribution in [-0.4, -0.2) is 48.9 Å². The van der Waals surface area contributed by atoms with Crippen LogP contribution in [-0.2, 0) is 0 Å². The Bertz CT molecular complexity index is 114. The summed E-state index contributed by atoms with van der Waals surface area (Å²) in [5.41, 5.74) is 0. The van der Waals surface area contributed by atoms with Crippen molar-refractivity contribution in [2.24, 2.45) is 0 Å². The molecule has 0 aromatic rings. The van der Waals surface area contributed by atoms with Gasteiger partial charge in [0.25, 0.3) is 0 Å². The van der Waals surface area contributed by atoms with E-state index < -0.39 is 0 Å². The molecule has 0 spiro atoms. The monoisotopic (exact) mass is 400 g/mol. The van der Waals surface area contributed by atoms with Gasteiger partial charge >= 0.3 is 83.8 Å². The van der Waals surface area contributed by atoms with E-state index in [0.29, 0.717) is 0 Å². The summed E-state index contributed by atoms with van der Waals surface area (Å²) in [5, 5.41) is 1.50. The fourth-order valence-electron chi connectivity index (χ4n) is 0.461. The van der Waals surface area contributed by atoms with Gasteiger partial charge in [-0.15, -0.1) is 0 Å². The third kappa shape index (κ3) is 5.24. The molecular formula is C6H8Se4. The molecule has 0 bridgehead atoms. The van der Waals surface area contributed by atoms with Gasteiger partial charge in [-0.2, -0.15) is 0 Å². The van der Waals surface area contributed by atoms with E-state index in [9.17, 15) is 0 Å². The van der Waals surface area contributed by atoms with Crippen LogP contribution >= 0.6 is 0 Å². The molecule has 0 aliphatic carbocycles. The summed E-state index contributed by atoms with van der Waals surface area (Å²) >= 11 is 4.04. The van der Waals surface area contributed by atoms with E-state index in [4.69, 9.17) is 0 Å². The third-order valence-electron chi connectivity index (χ3n) is 0.864. The Morgan fingerprint density at radius 3 is 3.10 bits per heavy atom. The zero-order chi connectivity index (χ0) is 7.07. The number of hydrogen-bond donors (Lipinski definition) is 0. The van der Waals surface area contributed by atoms with Gasteiger partial charge in [0.2, 0.25) is 0 Å². The van der Waals surface area contributed by atoms with Crippen molar-refractivity contribution in [3.05, 3.63) is 23.2 Å². The van der Waals surface area contributed by atoms with E-state index >= 15 is 0 Å². The summed E-state index contributed by atoms with van der Waals surface area (Å²) in [6, 6.07) is 0. The first kappa shape index (κ1) is 9.64. The first-order valence-corrected chi connectivity index (χ1v) is 18.1. The second-order valence-electron chi connectivity index (χ2n) is 1.60. The molecule has 0 nitrogen and oxygen atoms in total. The Kier molecular flexibility index (Phi) is 6.96. The van der Waals surface area contributed by atoms with Crippen LogP contribution in [0.25, 0.3) is 0 Å². The molecule has 0 aromatic carbocycles. The Balaban J connectivity index is 2.26. The predicted octanol–water partition coefficient (Wildman–Crippen LogP) is 0.440. The first-order valence-electron chi connectivity index (χ1n) is 2.93. The molecule has 4 heteroatoms. The number of allylic oxidation sites excluding steroid dienone is 3. The molecule has 0 atom stereocenters. The quantitative estimate of drug-likeness (QED) is 0.522. The van der Waals surface area contributed by atoms with Crippen LogP contribution in [0.1, 0.15) is 6.42 Å². The van der Waals surface area contributed by atoms with E-state index in [1.807, 2.05) is 0 Å². The van der Waals surface area contributed by atoms with Crippen LogP contribution in [0.15, 0.2) is 23.2 Å². The molecular weight excluding hydrogens is 388 g/mol. The molecule has 1 aliphatic rings. The Morgan fingerprint density at radius 2 is 2.10 bits per heavy atom. The first-order chi connectivity index (χ1) is 5.00. The van der Waals surface area contributed by atoms with E-state index in [1.165, 1.54) is 11.7 Å². The van der Waals surface area contributed by atoms with Gasteiger partial charge in [-0.3, -0.25) is 0 Å². The molecule has 0 fully saturated rings. The minimum absolute atomic E-state index is 0.885. The molecule has 1 heterocycles. The number of rotatable bonds is 0. The fourth-order valence-corrected chi connectivity index (χ4v) is 36.9. The van der Waals surface area contributed by atoms with Gasteiger partial charge in [-0.25, -0.2) is 0 Å². The normalized spacial score (nSPS) is 27.2. The fraction of sp³-hybridized carbons (Fsp3) is 0.333. The molecule has 1 rings (SSSR count). The van der Waals surface area contributed by atoms with Crippen LogP contribution in [0.5, 0.6) is 0 Å². The molecule has 0 aromatic heterocycles. The molecule has 0 saturated carbocycles. The summed E-state index contributed by atoms with van der Waals surface area (Å²) in [4.78, 5) is 2.38. The van der Waals surface area contributed by atoms with Crippen LogP contribution < -0.4 is 0 Å². The van der Waals surface area contributed by atoms with Crippen LogP contribution in [0.4, 0.5) is 0 Å². The summed E-state index contributed by atoms with van der Waals surface area (Å²) < 4.78 is 0. The molecule has 0 N–H and O–H groups in total. The molecule has 1 aliphatic heterocycles. The van der Waals surface area contributed by atoms with E-state index in [-0.39, 0.29) is 0 Å². The average molecular weight is 396 g/mol. The van der Waals surface area contributed by atoms with Crippen molar-refractivity contribution >= 4 is 48.9 Å². The zero-order valence-electron chi connectivity index (χ0n) is 5.36. The molecule has 0 radical (unpaired) electrons. The zero-order valence-corrected chi connectivity index (χ0v) is 12.2. The molecule has 0 amide bonds. The minimum atomic E-state index is 0.885. The molecule has 56 valence electrons. The second-order valence-corrected chi connectivity index (χ2v) is 27.5. The van der Waals surface area contributed by atoms with Gasteiger partial charge in [0.15, 0.2) is 0 Å². The maximum atomic E-state index is 2.38. The molecule has 0 saturated heterocycles. The van der Waals surface area contributed by atoms with Crippen molar-refractivity contribution in [2.75, 3.05) is 0 Å². The van der Waals surface area contributed by atoms with E-state index in [0.717, 1.165) is 48.9 Å². The Hall–Kier alpha value is 1.56. The molecule has 0 unspecified atom stereocenters. The van der Waals surface area contributed by atoms with Crippen molar-refractivity contribution in [3.8, 4) is 0 Å². The van der Waals surface area contributed by atoms with Crippen molar-refractivity contribution in [1.82, 2.24) is 0 Å². The van der Waals surface area contributed by atoms with Crippen LogP contribution in [0.2, 0.25) is 5.32 Å². The average Bonchev–Trinajstić information content (AvgIpc) is 2.01. The van der Waals surface area contributed by atoms with Gasteiger partial charge in [0.05, 0.1) is 0 Å². The summed E-state index contributed by atoms with van der Waals surface area (Å²) in [5.74, 6) is 0. The standard InChI is InChI=1S/C6H8Se4/c1-2-4-6-8-10-9-7-5-3-1/h1-3,5H,4,6H2/b2-1+,5-3-. The van der Waals surface area contributed by atoms with E-state index in [2.05, 4.69) is 23.2 Å². The Labute approximate surface area is 83.0 Å². The van der Waals surface area contributed by atoms with Gasteiger partial charge in [-0.1, -0.05) is 0 Å². The third-order valence-corrected chi connectivity index (χ3v) is 37.7. The van der Waals surface area contributed by atoms with Gasteiger partial charge in [-0.05, 0) is 0 Å². The maximum absolute atomic E-state index is 2.38. The summed E-state index contributed by atoms with van der Waals surface area (Å²) in [7, 11) is 0. The van der Waals surface area contributed by atoms with Crippen molar-refractivity contribution in [3.63, 3.8) is 0 Å². The van der Waals surface area contributed by atoms with E-state index in [1.54, 1.807) is 0 Å². The van der Waals surface area contributed by atoms with Crippen molar-refractivity contribution in [1.29, 1.82) is 0 Å². The predicted molar refractivity (Wildman–Crippen MR) is 50.7 cm³/mol. The molecule has 10 heavy (non-hydrogen) atoms. The summed E-state index contributed by atoms with van der Waals surface area (Å²) in [6.07, 6.45) is 8.08. The Morgan fingerprint density at radius 1 is 1.10 bits per heavy atom. The summed E-state index contributed by atoms with van der Waals surface area (Å²) in [6.45, 7) is 0. The SMILES string of the molecule is C1=C\[Se][Se][Se][Se]CC/C=C/1. The second kappa shape index (κ2) is 7.22. The van der Waals surface area contributed by atoms with Crippen molar-refractivity contribution < 1.29 is 0 Å². The topological polar surface area (TPSA) is 0 Å². The van der Waals surface area contributed by atoms with Gasteiger partial charge < -0.3 is 0 Å². The number of hydrogen-bond acceptors (Lipinski definition) is 0. The van der Waals surface area contributed by atoms with Crippen molar-refractivity contribution in [2.45, 2.75) is 11.7 Å². The van der Waals surface area contributed by atoms with Gasteiger partial charge in [0.1, 0.15) is 0 Å². The van der Waals surface area contributed by atoms with Crippen LogP contribution in [0, 0.1) is 0 Å². The van der Waals surface area contributed by atoms with Crippen LogP contribution in [0.3, 0.4) is 0 Å².